The molecule has 3 amide bonds. The molecule has 0 aromatic heterocycles. The highest BCUT2D eigenvalue weighted by Crippen LogP contribution is 2.57. The van der Waals surface area contributed by atoms with E-state index in [1.165, 1.54) is 4.90 Å². The van der Waals surface area contributed by atoms with Crippen LogP contribution in [-0.2, 0) is 19.1 Å². The third-order valence-corrected chi connectivity index (χ3v) is 8.73. The van der Waals surface area contributed by atoms with Crippen molar-refractivity contribution in [3.63, 3.8) is 0 Å². The Morgan fingerprint density at radius 3 is 2.29 bits per heavy atom. The number of aliphatic hydroxyl groups excluding tert-OH is 1. The molecule has 2 fully saturated rings. The number of carbonyl (C=O) groups is 3. The fourth-order valence-electron chi connectivity index (χ4n) is 6.81. The number of fused-ring (bicyclic) bond motifs is 2. The lowest BCUT2D eigenvalue weighted by atomic mass is 9.74. The smallest absolute Gasteiger partial charge is 0.253 e. The minimum absolute atomic E-state index is 0.182. The first kappa shape index (κ1) is 26.4. The van der Waals surface area contributed by atoms with Crippen LogP contribution in [0.25, 0.3) is 0 Å². The molecule has 4 aliphatic heterocycles. The highest BCUT2D eigenvalue weighted by Gasteiger charge is 2.75. The molecule has 1 unspecified atom stereocenters. The minimum Gasteiger partial charge on any atom is -0.394 e. The molecule has 0 bridgehead atoms. The molecule has 5 rings (SSSR count). The highest BCUT2D eigenvalue weighted by molar-refractivity contribution is 6.06. The normalized spacial score (nSPS) is 33.2. The van der Waals surface area contributed by atoms with E-state index in [1.807, 2.05) is 55.5 Å². The minimum atomic E-state index is -1.33. The van der Waals surface area contributed by atoms with Crippen LogP contribution >= 0.6 is 0 Å². The molecule has 4 aliphatic rings. The molecule has 6 atom stereocenters. The number of benzene rings is 1. The third kappa shape index (κ3) is 3.70. The molecule has 38 heavy (non-hydrogen) atoms. The SMILES string of the molecule is CCN(CC)c1ccc(N2CC=C[C@]34O[C@@]5(C)C=CCN(C)C(=O)[C@H]5[C@H]3C(=O)N([C@H](C)CO)C4C2=O)cc1. The summed E-state index contributed by atoms with van der Waals surface area (Å²) in [5, 5.41) is 10.1. The maximum atomic E-state index is 14.4. The van der Waals surface area contributed by atoms with E-state index in [9.17, 15) is 19.5 Å². The fraction of sp³-hybridized carbons (Fsp3) is 0.552. The molecular weight excluding hydrogens is 484 g/mol. The summed E-state index contributed by atoms with van der Waals surface area (Å²) in [5.74, 6) is -2.46. The molecule has 1 spiro atoms. The number of aliphatic hydroxyl groups is 1. The van der Waals surface area contributed by atoms with Crippen molar-refractivity contribution in [1.82, 2.24) is 9.80 Å². The van der Waals surface area contributed by atoms with Crippen molar-refractivity contribution in [2.45, 2.75) is 51.0 Å². The molecule has 9 heteroatoms. The molecule has 1 N–H and O–H groups in total. The lowest BCUT2D eigenvalue weighted by Gasteiger charge is -2.39. The van der Waals surface area contributed by atoms with Crippen LogP contribution < -0.4 is 9.80 Å². The van der Waals surface area contributed by atoms with E-state index in [0.29, 0.717) is 18.8 Å². The highest BCUT2D eigenvalue weighted by atomic mass is 16.5. The Labute approximate surface area is 224 Å². The van der Waals surface area contributed by atoms with E-state index in [0.717, 1.165) is 18.8 Å². The first-order valence-corrected chi connectivity index (χ1v) is 13.5. The predicted octanol–water partition coefficient (Wildman–Crippen LogP) is 1.82. The standard InChI is InChI=1S/C29H38N4O5/c1-6-31(7-2)20-10-12-21(13-11-20)32-17-9-15-29-23(26(36)33(19(3)18-34)24(29)27(32)37)22-25(35)30(5)16-8-14-28(22,4)38-29/h8-15,19,22-24,34H,6-7,16-18H2,1-5H3/t19-,22-,23+,24?,28+,29+/m1/s1. The van der Waals surface area contributed by atoms with Gasteiger partial charge < -0.3 is 29.4 Å². The van der Waals surface area contributed by atoms with E-state index in [-0.39, 0.29) is 24.3 Å². The number of hydrogen-bond donors (Lipinski definition) is 1. The van der Waals surface area contributed by atoms with Gasteiger partial charge in [0.1, 0.15) is 11.6 Å². The largest absolute Gasteiger partial charge is 0.394 e. The number of hydrogen-bond acceptors (Lipinski definition) is 6. The van der Waals surface area contributed by atoms with Crippen molar-refractivity contribution >= 4 is 29.1 Å². The zero-order valence-electron chi connectivity index (χ0n) is 22.8. The van der Waals surface area contributed by atoms with Crippen LogP contribution in [0.3, 0.4) is 0 Å². The lowest BCUT2D eigenvalue weighted by Crippen LogP contribution is -2.58. The zero-order chi connectivity index (χ0) is 27.4. The summed E-state index contributed by atoms with van der Waals surface area (Å²) in [7, 11) is 1.71. The number of likely N-dealkylation sites (N-methyl/N-ethyl adjacent to an activating group) is 1. The Hall–Kier alpha value is -3.17. The summed E-state index contributed by atoms with van der Waals surface area (Å²) in [4.78, 5) is 49.1. The summed E-state index contributed by atoms with van der Waals surface area (Å²) < 4.78 is 6.76. The predicted molar refractivity (Wildman–Crippen MR) is 145 cm³/mol. The Morgan fingerprint density at radius 2 is 1.66 bits per heavy atom. The molecule has 0 radical (unpaired) electrons. The van der Waals surface area contributed by atoms with Gasteiger partial charge in [0, 0.05) is 44.6 Å². The third-order valence-electron chi connectivity index (χ3n) is 8.73. The van der Waals surface area contributed by atoms with Crippen molar-refractivity contribution < 1.29 is 24.2 Å². The Kier molecular flexibility index (Phi) is 6.64. The number of likely N-dealkylation sites (tertiary alicyclic amines) is 1. The van der Waals surface area contributed by atoms with Gasteiger partial charge in [-0.3, -0.25) is 14.4 Å². The van der Waals surface area contributed by atoms with Crippen molar-refractivity contribution in [2.24, 2.45) is 11.8 Å². The van der Waals surface area contributed by atoms with E-state index < -0.39 is 35.1 Å². The van der Waals surface area contributed by atoms with Gasteiger partial charge >= 0.3 is 0 Å². The summed E-state index contributed by atoms with van der Waals surface area (Å²) in [6, 6.07) is 6.21. The molecule has 2 saturated heterocycles. The maximum absolute atomic E-state index is 14.4. The van der Waals surface area contributed by atoms with E-state index in [4.69, 9.17) is 4.74 Å². The van der Waals surface area contributed by atoms with Gasteiger partial charge in [0.25, 0.3) is 5.91 Å². The molecule has 9 nitrogen and oxygen atoms in total. The average Bonchev–Trinajstić information content (AvgIpc) is 3.19. The van der Waals surface area contributed by atoms with E-state index in [2.05, 4.69) is 18.7 Å². The quantitative estimate of drug-likeness (QED) is 0.573. The molecule has 0 saturated carbocycles. The topological polar surface area (TPSA) is 93.6 Å². The van der Waals surface area contributed by atoms with Crippen LogP contribution in [0.5, 0.6) is 0 Å². The first-order valence-electron chi connectivity index (χ1n) is 13.5. The Balaban J connectivity index is 1.60. The molecule has 0 aliphatic carbocycles. The van der Waals surface area contributed by atoms with Crippen molar-refractivity contribution in [1.29, 1.82) is 0 Å². The molecule has 4 heterocycles. The summed E-state index contributed by atoms with van der Waals surface area (Å²) in [6.45, 7) is 9.93. The van der Waals surface area contributed by atoms with Gasteiger partial charge in [0.15, 0.2) is 0 Å². The summed E-state index contributed by atoms with van der Waals surface area (Å²) >= 11 is 0. The Bertz CT molecular complexity index is 1180. The molecule has 1 aromatic carbocycles. The maximum Gasteiger partial charge on any atom is 0.253 e. The second-order valence-electron chi connectivity index (χ2n) is 10.9. The number of carbonyl (C=O) groups excluding carboxylic acids is 3. The van der Waals surface area contributed by atoms with Gasteiger partial charge in [-0.05, 0) is 52.0 Å². The molecular formula is C29H38N4O5. The van der Waals surface area contributed by atoms with Crippen LogP contribution in [0, 0.1) is 11.8 Å². The first-order chi connectivity index (χ1) is 18.1. The van der Waals surface area contributed by atoms with Gasteiger partial charge in [-0.1, -0.05) is 24.3 Å². The number of nitrogens with zero attached hydrogens (tertiary/aromatic N) is 4. The van der Waals surface area contributed by atoms with Gasteiger partial charge in [-0.15, -0.1) is 0 Å². The molecule has 204 valence electrons. The van der Waals surface area contributed by atoms with Crippen LogP contribution in [0.2, 0.25) is 0 Å². The van der Waals surface area contributed by atoms with E-state index >= 15 is 0 Å². The summed E-state index contributed by atoms with van der Waals surface area (Å²) in [6.07, 6.45) is 7.45. The zero-order valence-corrected chi connectivity index (χ0v) is 22.8. The van der Waals surface area contributed by atoms with Crippen molar-refractivity contribution in [3.8, 4) is 0 Å². The second-order valence-corrected chi connectivity index (χ2v) is 10.9. The van der Waals surface area contributed by atoms with Crippen molar-refractivity contribution in [3.05, 3.63) is 48.6 Å². The number of ether oxygens (including phenoxy) is 1. The number of rotatable bonds is 6. The second kappa shape index (κ2) is 9.54. The number of amides is 3. The number of anilines is 2. The van der Waals surface area contributed by atoms with E-state index in [1.54, 1.807) is 23.8 Å². The van der Waals surface area contributed by atoms with Crippen LogP contribution in [0.15, 0.2) is 48.6 Å². The van der Waals surface area contributed by atoms with Crippen LogP contribution in [0.4, 0.5) is 11.4 Å². The summed E-state index contributed by atoms with van der Waals surface area (Å²) in [5.41, 5.74) is -0.582. The van der Waals surface area contributed by atoms with Gasteiger partial charge in [-0.2, -0.15) is 0 Å². The monoisotopic (exact) mass is 522 g/mol. The van der Waals surface area contributed by atoms with Crippen LogP contribution in [-0.4, -0.2) is 95.7 Å². The van der Waals surface area contributed by atoms with Crippen molar-refractivity contribution in [2.75, 3.05) is 49.6 Å². The van der Waals surface area contributed by atoms with Gasteiger partial charge in [-0.25, -0.2) is 0 Å². The van der Waals surface area contributed by atoms with Gasteiger partial charge in [0.2, 0.25) is 11.8 Å². The lowest BCUT2D eigenvalue weighted by molar-refractivity contribution is -0.150. The van der Waals surface area contributed by atoms with Gasteiger partial charge in [0.05, 0.1) is 30.1 Å². The Morgan fingerprint density at radius 1 is 1.00 bits per heavy atom. The molecule has 1 aromatic rings. The fourth-order valence-corrected chi connectivity index (χ4v) is 6.81. The van der Waals surface area contributed by atoms with Crippen LogP contribution in [0.1, 0.15) is 27.7 Å². The average molecular weight is 523 g/mol.